The molecule has 2 aromatic rings. The summed E-state index contributed by atoms with van der Waals surface area (Å²) in [5.41, 5.74) is 0.916. The number of halogens is 2. The predicted molar refractivity (Wildman–Crippen MR) is 122 cm³/mol. The fraction of sp³-hybridized carbons (Fsp3) is 0.550. The van der Waals surface area contributed by atoms with Crippen molar-refractivity contribution in [1.29, 1.82) is 0 Å². The summed E-state index contributed by atoms with van der Waals surface area (Å²) in [6.45, 7) is 6.10. The van der Waals surface area contributed by atoms with Crippen LogP contribution in [0, 0.1) is 5.82 Å². The predicted octanol–water partition coefficient (Wildman–Crippen LogP) is 2.64. The molecular formula is C20H30FIN6O. The number of guanidine groups is 1. The molecule has 0 amide bonds. The molecule has 29 heavy (non-hydrogen) atoms. The summed E-state index contributed by atoms with van der Waals surface area (Å²) in [5, 5.41) is 11.4. The molecule has 2 N–H and O–H groups in total. The van der Waals surface area contributed by atoms with Crippen molar-refractivity contribution in [3.63, 3.8) is 0 Å². The lowest BCUT2D eigenvalue weighted by atomic mass is 9.84. The molecule has 7 nitrogen and oxygen atoms in total. The van der Waals surface area contributed by atoms with Crippen LogP contribution in [0.1, 0.15) is 37.5 Å². The molecule has 1 atom stereocenters. The molecule has 0 saturated heterocycles. The standard InChI is InChI=1S/C20H29FN6O.HI/c1-20(2,14-5-7-15(21)8-6-14)13-23-19(22-3)24-16-9-10-18-25-17(12-28-4)26-27(18)11-16;/h5-8,16H,9-13H2,1-4H3,(H2,22,23,24);1H. The lowest BCUT2D eigenvalue weighted by Gasteiger charge is -2.29. The molecular weight excluding hydrogens is 486 g/mol. The number of ether oxygens (including phenoxy) is 1. The van der Waals surface area contributed by atoms with Gasteiger partial charge in [-0.15, -0.1) is 24.0 Å². The van der Waals surface area contributed by atoms with Gasteiger partial charge in [-0.1, -0.05) is 26.0 Å². The number of hydrogen-bond acceptors (Lipinski definition) is 4. The number of hydrogen-bond donors (Lipinski definition) is 2. The smallest absolute Gasteiger partial charge is 0.191 e. The number of aliphatic imine (C=N–C) groups is 1. The van der Waals surface area contributed by atoms with Crippen LogP contribution >= 0.6 is 24.0 Å². The van der Waals surface area contributed by atoms with E-state index in [4.69, 9.17) is 4.74 Å². The molecule has 1 aromatic heterocycles. The molecule has 0 radical (unpaired) electrons. The van der Waals surface area contributed by atoms with Crippen LogP contribution < -0.4 is 10.6 Å². The van der Waals surface area contributed by atoms with E-state index < -0.39 is 0 Å². The van der Waals surface area contributed by atoms with Gasteiger partial charge in [0.05, 0.1) is 6.54 Å². The van der Waals surface area contributed by atoms with Crippen LogP contribution in [0.15, 0.2) is 29.3 Å². The topological polar surface area (TPSA) is 76.4 Å². The van der Waals surface area contributed by atoms with Crippen LogP contribution in [0.3, 0.4) is 0 Å². The zero-order valence-electron chi connectivity index (χ0n) is 17.4. The van der Waals surface area contributed by atoms with Gasteiger partial charge in [-0.3, -0.25) is 4.99 Å². The number of nitrogens with zero attached hydrogens (tertiary/aromatic N) is 4. The Kier molecular flexibility index (Phi) is 8.38. The molecule has 160 valence electrons. The van der Waals surface area contributed by atoms with Gasteiger partial charge in [-0.05, 0) is 24.1 Å². The third-order valence-electron chi connectivity index (χ3n) is 5.06. The first-order valence-corrected chi connectivity index (χ1v) is 9.56. The molecule has 0 saturated carbocycles. The van der Waals surface area contributed by atoms with Gasteiger partial charge in [0.25, 0.3) is 0 Å². The van der Waals surface area contributed by atoms with Gasteiger partial charge < -0.3 is 15.4 Å². The minimum absolute atomic E-state index is 0. The van der Waals surface area contributed by atoms with Crippen molar-refractivity contribution in [3.05, 3.63) is 47.3 Å². The highest BCUT2D eigenvalue weighted by atomic mass is 127. The molecule has 1 aliphatic heterocycles. The summed E-state index contributed by atoms with van der Waals surface area (Å²) in [4.78, 5) is 8.86. The van der Waals surface area contributed by atoms with E-state index in [2.05, 4.69) is 39.6 Å². The molecule has 9 heteroatoms. The largest absolute Gasteiger partial charge is 0.377 e. The minimum Gasteiger partial charge on any atom is -0.377 e. The van der Waals surface area contributed by atoms with Crippen LogP contribution in [0.5, 0.6) is 0 Å². The fourth-order valence-electron chi connectivity index (χ4n) is 3.36. The van der Waals surface area contributed by atoms with Crippen molar-refractivity contribution in [2.75, 3.05) is 20.7 Å². The second-order valence-electron chi connectivity index (χ2n) is 7.76. The zero-order chi connectivity index (χ0) is 20.1. The van der Waals surface area contributed by atoms with E-state index >= 15 is 0 Å². The first kappa shape index (κ1) is 23.5. The first-order chi connectivity index (χ1) is 13.4. The molecule has 1 unspecified atom stereocenters. The van der Waals surface area contributed by atoms with Gasteiger partial charge in [0.2, 0.25) is 0 Å². The third-order valence-corrected chi connectivity index (χ3v) is 5.06. The number of fused-ring (bicyclic) bond motifs is 1. The van der Waals surface area contributed by atoms with Crippen molar-refractivity contribution in [2.24, 2.45) is 4.99 Å². The maximum Gasteiger partial charge on any atom is 0.191 e. The summed E-state index contributed by atoms with van der Waals surface area (Å²) in [6.07, 6.45) is 1.83. The highest BCUT2D eigenvalue weighted by Gasteiger charge is 2.24. The van der Waals surface area contributed by atoms with E-state index in [1.54, 1.807) is 14.2 Å². The summed E-state index contributed by atoms with van der Waals surface area (Å²) >= 11 is 0. The SMILES string of the molecule is CN=C(NCC(C)(C)c1ccc(F)cc1)NC1CCc2nc(COC)nn2C1.I. The number of rotatable bonds is 6. The van der Waals surface area contributed by atoms with Crippen molar-refractivity contribution in [3.8, 4) is 0 Å². The third kappa shape index (κ3) is 6.11. The van der Waals surface area contributed by atoms with Crippen molar-refractivity contribution in [1.82, 2.24) is 25.4 Å². The minimum atomic E-state index is -0.219. The number of benzene rings is 1. The summed E-state index contributed by atoms with van der Waals surface area (Å²) in [6, 6.07) is 6.89. The highest BCUT2D eigenvalue weighted by Crippen LogP contribution is 2.22. The number of aryl methyl sites for hydroxylation is 1. The summed E-state index contributed by atoms with van der Waals surface area (Å²) in [7, 11) is 3.41. The molecule has 0 spiro atoms. The Bertz CT molecular complexity index is 821. The Labute approximate surface area is 188 Å². The van der Waals surface area contributed by atoms with Crippen molar-refractivity contribution < 1.29 is 9.13 Å². The van der Waals surface area contributed by atoms with Crippen LogP contribution in [-0.2, 0) is 29.7 Å². The van der Waals surface area contributed by atoms with Crippen molar-refractivity contribution >= 4 is 29.9 Å². The number of nitrogens with one attached hydrogen (secondary N) is 2. The Morgan fingerprint density at radius 2 is 2.07 bits per heavy atom. The van der Waals surface area contributed by atoms with Gasteiger partial charge in [-0.25, -0.2) is 14.1 Å². The Balaban J connectivity index is 0.00000300. The normalized spacial score (nSPS) is 16.7. The van der Waals surface area contributed by atoms with Gasteiger partial charge in [-0.2, -0.15) is 5.10 Å². The van der Waals surface area contributed by atoms with Crippen LogP contribution in [0.25, 0.3) is 0 Å². The second-order valence-corrected chi connectivity index (χ2v) is 7.76. The second kappa shape index (κ2) is 10.3. The van der Waals surface area contributed by atoms with E-state index in [0.717, 1.165) is 42.6 Å². The van der Waals surface area contributed by atoms with E-state index in [0.29, 0.717) is 13.2 Å². The molecule has 0 aliphatic carbocycles. The van der Waals surface area contributed by atoms with E-state index in [1.807, 2.05) is 16.8 Å². The average Bonchev–Trinajstić information content (AvgIpc) is 3.07. The van der Waals surface area contributed by atoms with Gasteiger partial charge in [0, 0.05) is 38.6 Å². The first-order valence-electron chi connectivity index (χ1n) is 9.56. The maximum atomic E-state index is 13.2. The van der Waals surface area contributed by atoms with E-state index in [9.17, 15) is 4.39 Å². The van der Waals surface area contributed by atoms with Crippen LogP contribution in [-0.4, -0.2) is 47.5 Å². The monoisotopic (exact) mass is 516 g/mol. The molecule has 0 fully saturated rings. The summed E-state index contributed by atoms with van der Waals surface area (Å²) < 4.78 is 20.3. The molecule has 3 rings (SSSR count). The quantitative estimate of drug-likeness (QED) is 0.351. The fourth-order valence-corrected chi connectivity index (χ4v) is 3.36. The van der Waals surface area contributed by atoms with E-state index in [1.165, 1.54) is 12.1 Å². The van der Waals surface area contributed by atoms with Crippen molar-refractivity contribution in [2.45, 2.75) is 51.3 Å². The van der Waals surface area contributed by atoms with Crippen LogP contribution in [0.2, 0.25) is 0 Å². The molecule has 1 aromatic carbocycles. The molecule has 1 aliphatic rings. The van der Waals surface area contributed by atoms with E-state index in [-0.39, 0.29) is 41.3 Å². The van der Waals surface area contributed by atoms with Gasteiger partial charge in [0.15, 0.2) is 11.8 Å². The summed E-state index contributed by atoms with van der Waals surface area (Å²) in [5.74, 6) is 2.26. The number of methoxy groups -OCH3 is 1. The zero-order valence-corrected chi connectivity index (χ0v) is 19.7. The highest BCUT2D eigenvalue weighted by molar-refractivity contribution is 14.0. The molecule has 0 bridgehead atoms. The Morgan fingerprint density at radius 3 is 2.72 bits per heavy atom. The maximum absolute atomic E-state index is 13.2. The van der Waals surface area contributed by atoms with Crippen LogP contribution in [0.4, 0.5) is 4.39 Å². The lowest BCUT2D eigenvalue weighted by Crippen LogP contribution is -2.49. The Hall–Kier alpha value is -1.75. The Morgan fingerprint density at radius 1 is 1.34 bits per heavy atom. The molecule has 2 heterocycles. The number of aromatic nitrogens is 3. The van der Waals surface area contributed by atoms with Gasteiger partial charge >= 0.3 is 0 Å². The average molecular weight is 516 g/mol. The van der Waals surface area contributed by atoms with Gasteiger partial charge in [0.1, 0.15) is 18.2 Å². The lowest BCUT2D eigenvalue weighted by molar-refractivity contribution is 0.177.